The SMILES string of the molecule is [N-]=[N+]=NCCC=Cc1ccccc1/C=C/C(=O)O. The standard InChI is InChI=1S/C13H13N3O2/c14-16-15-10-4-3-7-11-5-1-2-6-12(11)8-9-13(17)18/h1-3,5-9H,4,10H2,(H,17,18)/b7-3?,9-8+. The Bertz CT molecular complexity index is 515. The molecule has 0 aliphatic heterocycles. The van der Waals surface area contributed by atoms with Crippen LogP contribution in [0.25, 0.3) is 22.6 Å². The second-order valence-corrected chi connectivity index (χ2v) is 3.45. The highest BCUT2D eigenvalue weighted by molar-refractivity contribution is 5.86. The summed E-state index contributed by atoms with van der Waals surface area (Å²) in [6.45, 7) is 0.417. The van der Waals surface area contributed by atoms with Gasteiger partial charge in [0, 0.05) is 17.5 Å². The Kier molecular flexibility index (Phi) is 5.80. The van der Waals surface area contributed by atoms with Crippen LogP contribution in [0.15, 0.2) is 41.5 Å². The topological polar surface area (TPSA) is 86.1 Å². The van der Waals surface area contributed by atoms with Gasteiger partial charge >= 0.3 is 5.97 Å². The van der Waals surface area contributed by atoms with Crippen LogP contribution >= 0.6 is 0 Å². The first-order valence-electron chi connectivity index (χ1n) is 5.41. The van der Waals surface area contributed by atoms with Gasteiger partial charge in [0.2, 0.25) is 0 Å². The first-order valence-corrected chi connectivity index (χ1v) is 5.41. The van der Waals surface area contributed by atoms with E-state index < -0.39 is 5.97 Å². The van der Waals surface area contributed by atoms with Crippen LogP contribution in [0.2, 0.25) is 0 Å². The Morgan fingerprint density at radius 3 is 2.61 bits per heavy atom. The normalized spacial score (nSPS) is 10.7. The summed E-state index contributed by atoms with van der Waals surface area (Å²) < 4.78 is 0. The van der Waals surface area contributed by atoms with E-state index in [1.165, 1.54) is 0 Å². The van der Waals surface area contributed by atoms with E-state index in [4.69, 9.17) is 10.6 Å². The zero-order chi connectivity index (χ0) is 13.2. The predicted octanol–water partition coefficient (Wildman–Crippen LogP) is 3.50. The maximum atomic E-state index is 10.5. The molecular weight excluding hydrogens is 230 g/mol. The minimum atomic E-state index is -0.975. The summed E-state index contributed by atoms with van der Waals surface area (Å²) in [5, 5.41) is 12.0. The van der Waals surface area contributed by atoms with Gasteiger partial charge in [-0.3, -0.25) is 0 Å². The molecule has 1 rings (SSSR count). The van der Waals surface area contributed by atoms with Gasteiger partial charge in [0.1, 0.15) is 0 Å². The summed E-state index contributed by atoms with van der Waals surface area (Å²) in [5.74, 6) is -0.975. The summed E-state index contributed by atoms with van der Waals surface area (Å²) in [6.07, 6.45) is 7.08. The molecule has 0 aromatic heterocycles. The molecule has 0 aliphatic carbocycles. The number of carboxylic acids is 1. The number of aliphatic carboxylic acids is 1. The van der Waals surface area contributed by atoms with E-state index in [1.807, 2.05) is 36.4 Å². The van der Waals surface area contributed by atoms with Crippen molar-refractivity contribution in [3.05, 3.63) is 58.0 Å². The fourth-order valence-electron chi connectivity index (χ4n) is 1.36. The smallest absolute Gasteiger partial charge is 0.328 e. The number of hydrogen-bond acceptors (Lipinski definition) is 2. The van der Waals surface area contributed by atoms with Crippen molar-refractivity contribution in [2.75, 3.05) is 6.54 Å². The molecule has 0 fully saturated rings. The molecule has 0 amide bonds. The molecule has 0 spiro atoms. The first kappa shape index (κ1) is 13.5. The molecule has 5 heteroatoms. The number of carboxylic acid groups (broad SMARTS) is 1. The average molecular weight is 243 g/mol. The maximum absolute atomic E-state index is 10.5. The Labute approximate surface area is 105 Å². The van der Waals surface area contributed by atoms with E-state index in [0.717, 1.165) is 17.2 Å². The number of benzene rings is 1. The van der Waals surface area contributed by atoms with Crippen molar-refractivity contribution < 1.29 is 9.90 Å². The van der Waals surface area contributed by atoms with E-state index in [-0.39, 0.29) is 0 Å². The minimum absolute atomic E-state index is 0.417. The summed E-state index contributed by atoms with van der Waals surface area (Å²) in [6, 6.07) is 7.46. The molecule has 5 nitrogen and oxygen atoms in total. The highest BCUT2D eigenvalue weighted by Crippen LogP contribution is 2.13. The van der Waals surface area contributed by atoms with Gasteiger partial charge in [-0.05, 0) is 29.2 Å². The van der Waals surface area contributed by atoms with Crippen LogP contribution in [-0.4, -0.2) is 17.6 Å². The fraction of sp³-hybridized carbons (Fsp3) is 0.154. The molecule has 18 heavy (non-hydrogen) atoms. The molecule has 0 saturated heterocycles. The maximum Gasteiger partial charge on any atom is 0.328 e. The van der Waals surface area contributed by atoms with Crippen molar-refractivity contribution in [1.29, 1.82) is 0 Å². The van der Waals surface area contributed by atoms with Crippen LogP contribution in [0.1, 0.15) is 17.5 Å². The molecule has 0 bridgehead atoms. The largest absolute Gasteiger partial charge is 0.478 e. The third-order valence-electron chi connectivity index (χ3n) is 2.16. The van der Waals surface area contributed by atoms with E-state index in [1.54, 1.807) is 6.08 Å². The molecular formula is C13H13N3O2. The number of rotatable bonds is 6. The van der Waals surface area contributed by atoms with Crippen molar-refractivity contribution in [2.24, 2.45) is 5.11 Å². The third-order valence-corrected chi connectivity index (χ3v) is 2.16. The Balaban J connectivity index is 2.75. The summed E-state index contributed by atoms with van der Waals surface area (Å²) in [7, 11) is 0. The number of azide groups is 1. The van der Waals surface area contributed by atoms with Crippen LogP contribution in [0.4, 0.5) is 0 Å². The summed E-state index contributed by atoms with van der Waals surface area (Å²) in [4.78, 5) is 13.1. The molecule has 92 valence electrons. The van der Waals surface area contributed by atoms with E-state index >= 15 is 0 Å². The molecule has 0 saturated carbocycles. The van der Waals surface area contributed by atoms with E-state index in [9.17, 15) is 4.79 Å². The monoisotopic (exact) mass is 243 g/mol. The van der Waals surface area contributed by atoms with Crippen LogP contribution in [0, 0.1) is 0 Å². The minimum Gasteiger partial charge on any atom is -0.478 e. The number of carbonyl (C=O) groups is 1. The van der Waals surface area contributed by atoms with Gasteiger partial charge in [0.25, 0.3) is 0 Å². The second-order valence-electron chi connectivity index (χ2n) is 3.45. The number of nitrogens with zero attached hydrogens (tertiary/aromatic N) is 3. The summed E-state index contributed by atoms with van der Waals surface area (Å²) in [5.41, 5.74) is 9.88. The average Bonchev–Trinajstić information content (AvgIpc) is 2.37. The van der Waals surface area contributed by atoms with Gasteiger partial charge in [-0.2, -0.15) is 0 Å². The van der Waals surface area contributed by atoms with Crippen molar-refractivity contribution in [3.8, 4) is 0 Å². The highest BCUT2D eigenvalue weighted by Gasteiger charge is 1.95. The van der Waals surface area contributed by atoms with Crippen molar-refractivity contribution in [1.82, 2.24) is 0 Å². The van der Waals surface area contributed by atoms with Gasteiger partial charge in [-0.25, -0.2) is 4.79 Å². The van der Waals surface area contributed by atoms with Gasteiger partial charge in [-0.15, -0.1) is 0 Å². The van der Waals surface area contributed by atoms with E-state index in [0.29, 0.717) is 13.0 Å². The molecule has 0 radical (unpaired) electrons. The molecule has 0 aliphatic rings. The molecule has 1 N–H and O–H groups in total. The molecule has 0 heterocycles. The predicted molar refractivity (Wildman–Crippen MR) is 70.8 cm³/mol. The van der Waals surface area contributed by atoms with Crippen LogP contribution < -0.4 is 0 Å². The van der Waals surface area contributed by atoms with Gasteiger partial charge < -0.3 is 5.11 Å². The van der Waals surface area contributed by atoms with Crippen LogP contribution in [-0.2, 0) is 4.79 Å². The molecule has 0 unspecified atom stereocenters. The zero-order valence-electron chi connectivity index (χ0n) is 9.73. The zero-order valence-corrected chi connectivity index (χ0v) is 9.73. The van der Waals surface area contributed by atoms with Crippen LogP contribution in [0.3, 0.4) is 0 Å². The quantitative estimate of drug-likeness (QED) is 0.272. The second kappa shape index (κ2) is 7.70. The Morgan fingerprint density at radius 1 is 1.33 bits per heavy atom. The lowest BCUT2D eigenvalue weighted by molar-refractivity contribution is -0.131. The van der Waals surface area contributed by atoms with E-state index in [2.05, 4.69) is 10.0 Å². The summed E-state index contributed by atoms with van der Waals surface area (Å²) >= 11 is 0. The molecule has 1 aromatic carbocycles. The Morgan fingerprint density at radius 2 is 2.00 bits per heavy atom. The highest BCUT2D eigenvalue weighted by atomic mass is 16.4. The lowest BCUT2D eigenvalue weighted by Crippen LogP contribution is -1.87. The van der Waals surface area contributed by atoms with Gasteiger partial charge in [0.05, 0.1) is 0 Å². The lowest BCUT2D eigenvalue weighted by Gasteiger charge is -1.99. The lowest BCUT2D eigenvalue weighted by atomic mass is 10.1. The third kappa shape index (κ3) is 5.01. The fourth-order valence-corrected chi connectivity index (χ4v) is 1.36. The first-order chi connectivity index (χ1) is 8.74. The molecule has 0 atom stereocenters. The molecule has 1 aromatic rings. The van der Waals surface area contributed by atoms with Crippen molar-refractivity contribution >= 4 is 18.1 Å². The van der Waals surface area contributed by atoms with Crippen molar-refractivity contribution in [3.63, 3.8) is 0 Å². The van der Waals surface area contributed by atoms with Crippen molar-refractivity contribution in [2.45, 2.75) is 6.42 Å². The Hall–Kier alpha value is -2.52. The van der Waals surface area contributed by atoms with Gasteiger partial charge in [-0.1, -0.05) is 41.5 Å². The number of hydrogen-bond donors (Lipinski definition) is 1. The van der Waals surface area contributed by atoms with Crippen LogP contribution in [0.5, 0.6) is 0 Å². The van der Waals surface area contributed by atoms with Gasteiger partial charge in [0.15, 0.2) is 0 Å².